The Balaban J connectivity index is 1.97. The number of benzene rings is 1. The quantitative estimate of drug-likeness (QED) is 0.866. The van der Waals surface area contributed by atoms with Crippen molar-refractivity contribution in [1.82, 2.24) is 4.90 Å². The van der Waals surface area contributed by atoms with Crippen molar-refractivity contribution < 1.29 is 23.8 Å². The van der Waals surface area contributed by atoms with E-state index in [0.717, 1.165) is 11.1 Å². The lowest BCUT2D eigenvalue weighted by atomic mass is 9.96. The van der Waals surface area contributed by atoms with Gasteiger partial charge in [0.15, 0.2) is 0 Å². The number of aryl methyl sites for hydroxylation is 1. The molecule has 3 rings (SSSR count). The molecule has 0 aliphatic carbocycles. The molecule has 0 radical (unpaired) electrons. The maximum absolute atomic E-state index is 12.5. The number of nitrogens with zero attached hydrogens (tertiary/aromatic N) is 1. The molecule has 6 heteroatoms. The van der Waals surface area contributed by atoms with E-state index >= 15 is 0 Å². The SMILES string of the molecule is COC(=O)[C@H]1C(c2ccco2)N(Cc2ccc(C)cc2)C(=O)[C@H]1O. The summed E-state index contributed by atoms with van der Waals surface area (Å²) < 4.78 is 10.2. The number of esters is 1. The summed E-state index contributed by atoms with van der Waals surface area (Å²) >= 11 is 0. The Morgan fingerprint density at radius 2 is 2.00 bits per heavy atom. The molecule has 0 bridgehead atoms. The van der Waals surface area contributed by atoms with Gasteiger partial charge in [0, 0.05) is 6.54 Å². The number of rotatable bonds is 4. The van der Waals surface area contributed by atoms with E-state index in [2.05, 4.69) is 0 Å². The Morgan fingerprint density at radius 3 is 2.58 bits per heavy atom. The van der Waals surface area contributed by atoms with Crippen LogP contribution in [0.2, 0.25) is 0 Å². The van der Waals surface area contributed by atoms with Gasteiger partial charge in [-0.1, -0.05) is 29.8 Å². The molecule has 126 valence electrons. The minimum atomic E-state index is -1.45. The van der Waals surface area contributed by atoms with Crippen molar-refractivity contribution in [3.05, 3.63) is 59.5 Å². The van der Waals surface area contributed by atoms with Gasteiger partial charge in [-0.15, -0.1) is 0 Å². The van der Waals surface area contributed by atoms with Crippen LogP contribution in [-0.2, 0) is 20.9 Å². The fourth-order valence-electron chi connectivity index (χ4n) is 3.08. The van der Waals surface area contributed by atoms with Crippen LogP contribution in [-0.4, -0.2) is 35.1 Å². The van der Waals surface area contributed by atoms with E-state index in [0.29, 0.717) is 5.76 Å². The van der Waals surface area contributed by atoms with E-state index in [1.165, 1.54) is 18.3 Å². The molecule has 3 atom stereocenters. The van der Waals surface area contributed by atoms with E-state index in [-0.39, 0.29) is 6.54 Å². The zero-order valence-corrected chi connectivity index (χ0v) is 13.5. The summed E-state index contributed by atoms with van der Waals surface area (Å²) in [5, 5.41) is 10.3. The Kier molecular flexibility index (Phi) is 4.40. The number of hydrogen-bond acceptors (Lipinski definition) is 5. The minimum absolute atomic E-state index is 0.273. The molecule has 1 amide bonds. The summed E-state index contributed by atoms with van der Waals surface area (Å²) in [6.07, 6.45) is 0.0288. The molecule has 1 aliphatic heterocycles. The van der Waals surface area contributed by atoms with Gasteiger partial charge < -0.3 is 19.2 Å². The van der Waals surface area contributed by atoms with E-state index in [9.17, 15) is 14.7 Å². The van der Waals surface area contributed by atoms with Crippen molar-refractivity contribution >= 4 is 11.9 Å². The van der Waals surface area contributed by atoms with Crippen LogP contribution in [0.1, 0.15) is 22.9 Å². The molecule has 0 saturated carbocycles. The van der Waals surface area contributed by atoms with Crippen molar-refractivity contribution in [1.29, 1.82) is 0 Å². The smallest absolute Gasteiger partial charge is 0.314 e. The third-order valence-electron chi connectivity index (χ3n) is 4.33. The predicted molar refractivity (Wildman–Crippen MR) is 84.7 cm³/mol. The topological polar surface area (TPSA) is 80.0 Å². The van der Waals surface area contributed by atoms with Crippen LogP contribution >= 0.6 is 0 Å². The molecule has 24 heavy (non-hydrogen) atoms. The Morgan fingerprint density at radius 1 is 1.29 bits per heavy atom. The average Bonchev–Trinajstić information content (AvgIpc) is 3.18. The zero-order valence-electron chi connectivity index (χ0n) is 13.5. The van der Waals surface area contributed by atoms with E-state index < -0.39 is 29.9 Å². The van der Waals surface area contributed by atoms with Crippen molar-refractivity contribution in [3.63, 3.8) is 0 Å². The maximum atomic E-state index is 12.5. The van der Waals surface area contributed by atoms with Crippen molar-refractivity contribution in [2.75, 3.05) is 7.11 Å². The first kappa shape index (κ1) is 16.3. The van der Waals surface area contributed by atoms with Crippen molar-refractivity contribution in [2.24, 2.45) is 5.92 Å². The maximum Gasteiger partial charge on any atom is 0.314 e. The van der Waals surface area contributed by atoms with Crippen LogP contribution < -0.4 is 0 Å². The third-order valence-corrected chi connectivity index (χ3v) is 4.33. The van der Waals surface area contributed by atoms with Crippen molar-refractivity contribution in [2.45, 2.75) is 25.6 Å². The van der Waals surface area contributed by atoms with Gasteiger partial charge in [0.1, 0.15) is 23.8 Å². The highest BCUT2D eigenvalue weighted by Crippen LogP contribution is 2.40. The number of aliphatic hydroxyl groups excluding tert-OH is 1. The van der Waals surface area contributed by atoms with Gasteiger partial charge >= 0.3 is 5.97 Å². The third kappa shape index (κ3) is 2.80. The minimum Gasteiger partial charge on any atom is -0.469 e. The van der Waals surface area contributed by atoms with E-state index in [1.54, 1.807) is 12.1 Å². The van der Waals surface area contributed by atoms with Gasteiger partial charge in [0.2, 0.25) is 0 Å². The molecule has 1 N–H and O–H groups in total. The molecule has 1 aromatic carbocycles. The Hall–Kier alpha value is -2.60. The first-order valence-electron chi connectivity index (χ1n) is 7.68. The van der Waals surface area contributed by atoms with Crippen LogP contribution in [0.25, 0.3) is 0 Å². The molecule has 1 unspecified atom stereocenters. The number of hydrogen-bond donors (Lipinski definition) is 1. The van der Waals surface area contributed by atoms with Gasteiger partial charge in [-0.2, -0.15) is 0 Å². The molecular weight excluding hydrogens is 310 g/mol. The molecule has 2 heterocycles. The van der Waals surface area contributed by atoms with E-state index in [1.807, 2.05) is 31.2 Å². The number of ether oxygens (including phenoxy) is 1. The molecule has 1 aromatic heterocycles. The van der Waals surface area contributed by atoms with Gasteiger partial charge in [0.25, 0.3) is 5.91 Å². The predicted octanol–water partition coefficient (Wildman–Crippen LogP) is 1.82. The highest BCUT2D eigenvalue weighted by atomic mass is 16.5. The second kappa shape index (κ2) is 6.49. The molecule has 1 aliphatic rings. The zero-order chi connectivity index (χ0) is 17.3. The number of carbonyl (C=O) groups excluding carboxylic acids is 2. The van der Waals surface area contributed by atoms with Gasteiger partial charge in [-0.05, 0) is 24.6 Å². The number of amides is 1. The summed E-state index contributed by atoms with van der Waals surface area (Å²) in [7, 11) is 1.24. The lowest BCUT2D eigenvalue weighted by Gasteiger charge is -2.25. The molecule has 2 aromatic rings. The monoisotopic (exact) mass is 329 g/mol. The fourth-order valence-corrected chi connectivity index (χ4v) is 3.08. The second-order valence-electron chi connectivity index (χ2n) is 5.91. The largest absolute Gasteiger partial charge is 0.469 e. The molecular formula is C18H19NO5. The fraction of sp³-hybridized carbons (Fsp3) is 0.333. The first-order valence-corrected chi connectivity index (χ1v) is 7.68. The van der Waals surface area contributed by atoms with Crippen LogP contribution in [0, 0.1) is 12.8 Å². The van der Waals surface area contributed by atoms with E-state index in [4.69, 9.17) is 9.15 Å². The molecule has 1 saturated heterocycles. The summed E-state index contributed by atoms with van der Waals surface area (Å²) in [5.74, 6) is -1.71. The first-order chi connectivity index (χ1) is 11.5. The molecule has 1 fully saturated rings. The lowest BCUT2D eigenvalue weighted by Crippen LogP contribution is -2.30. The van der Waals surface area contributed by atoms with Crippen LogP contribution in [0.5, 0.6) is 0 Å². The number of likely N-dealkylation sites (tertiary alicyclic amines) is 1. The average molecular weight is 329 g/mol. The molecule has 6 nitrogen and oxygen atoms in total. The number of carbonyl (C=O) groups is 2. The summed E-state index contributed by atoms with van der Waals surface area (Å²) in [4.78, 5) is 26.1. The normalized spacial score (nSPS) is 23.5. The highest BCUT2D eigenvalue weighted by Gasteiger charge is 2.53. The Bertz CT molecular complexity index is 722. The summed E-state index contributed by atoms with van der Waals surface area (Å²) in [6.45, 7) is 2.25. The summed E-state index contributed by atoms with van der Waals surface area (Å²) in [6, 6.07) is 10.4. The van der Waals surface area contributed by atoms with Crippen LogP contribution in [0.15, 0.2) is 47.1 Å². The second-order valence-corrected chi connectivity index (χ2v) is 5.91. The van der Waals surface area contributed by atoms with Crippen molar-refractivity contribution in [3.8, 4) is 0 Å². The van der Waals surface area contributed by atoms with Gasteiger partial charge in [0.05, 0.1) is 13.4 Å². The number of methoxy groups -OCH3 is 1. The lowest BCUT2D eigenvalue weighted by molar-refractivity contribution is -0.150. The highest BCUT2D eigenvalue weighted by molar-refractivity contribution is 5.91. The number of furan rings is 1. The van der Waals surface area contributed by atoms with Crippen LogP contribution in [0.3, 0.4) is 0 Å². The number of aliphatic hydroxyl groups is 1. The van der Waals surface area contributed by atoms with Gasteiger partial charge in [-0.3, -0.25) is 9.59 Å². The molecule has 0 spiro atoms. The van der Waals surface area contributed by atoms with Gasteiger partial charge in [-0.25, -0.2) is 0 Å². The van der Waals surface area contributed by atoms with Crippen LogP contribution in [0.4, 0.5) is 0 Å². The summed E-state index contributed by atoms with van der Waals surface area (Å²) in [5.41, 5.74) is 2.02. The standard InChI is InChI=1S/C18H19NO5/c1-11-5-7-12(8-6-11)10-19-15(13-4-3-9-24-13)14(18(22)23-2)16(20)17(19)21/h3-9,14-16,20H,10H2,1-2H3/t14-,15?,16-/m0/s1. The Labute approximate surface area is 139 Å².